The molecule has 2 aromatic heterocycles. The zero-order valence-electron chi connectivity index (χ0n) is 15.1. The monoisotopic (exact) mass is 352 g/mol. The van der Waals surface area contributed by atoms with Gasteiger partial charge in [-0.05, 0) is 37.8 Å². The van der Waals surface area contributed by atoms with Crippen LogP contribution in [-0.4, -0.2) is 20.4 Å². The standard InChI is InChI=1S/C19H22N5O2/c1-3-10-24-17-15(21-16(22-17)13-6-4-5-7-13)18(25)23-19(24)26-14-11-12(2)8-9-20-14/h8-9,11,13H,3-7,10H2,1-2H3. The highest BCUT2D eigenvalue weighted by molar-refractivity contribution is 5.96. The number of ether oxygens (including phenoxy) is 1. The van der Waals surface area contributed by atoms with Crippen molar-refractivity contribution in [3.63, 3.8) is 0 Å². The molecule has 3 heterocycles. The summed E-state index contributed by atoms with van der Waals surface area (Å²) in [5, 5.41) is 4.52. The SMILES string of the molecule is CCCn1c(Oc2cc(C)ccn2)nc(=O)c2c1N=C(C1CCCC1)[N]2. The summed E-state index contributed by atoms with van der Waals surface area (Å²) in [6.07, 6.45) is 7.10. The molecule has 26 heavy (non-hydrogen) atoms. The molecule has 1 radical (unpaired) electrons. The molecule has 0 unspecified atom stereocenters. The molecule has 4 rings (SSSR count). The predicted molar refractivity (Wildman–Crippen MR) is 98.7 cm³/mol. The third-order valence-electron chi connectivity index (χ3n) is 4.80. The van der Waals surface area contributed by atoms with Crippen LogP contribution < -0.4 is 15.6 Å². The van der Waals surface area contributed by atoms with Gasteiger partial charge in [0.15, 0.2) is 11.5 Å². The van der Waals surface area contributed by atoms with E-state index in [9.17, 15) is 4.79 Å². The molecule has 0 N–H and O–H groups in total. The molecule has 7 nitrogen and oxygen atoms in total. The molecule has 0 atom stereocenters. The summed E-state index contributed by atoms with van der Waals surface area (Å²) in [5.74, 6) is 2.10. The highest BCUT2D eigenvalue weighted by Gasteiger charge is 2.31. The molecule has 1 saturated carbocycles. The van der Waals surface area contributed by atoms with Crippen LogP contribution in [-0.2, 0) is 6.54 Å². The molecular formula is C19H22N5O2. The fourth-order valence-corrected chi connectivity index (χ4v) is 3.50. The number of pyridine rings is 1. The van der Waals surface area contributed by atoms with E-state index >= 15 is 0 Å². The van der Waals surface area contributed by atoms with E-state index in [0.29, 0.717) is 29.8 Å². The average molecular weight is 352 g/mol. The molecular weight excluding hydrogens is 330 g/mol. The van der Waals surface area contributed by atoms with Gasteiger partial charge in [0.1, 0.15) is 5.84 Å². The molecule has 0 amide bonds. The normalized spacial score (nSPS) is 16.3. The van der Waals surface area contributed by atoms with Crippen LogP contribution in [0.5, 0.6) is 11.9 Å². The third-order valence-corrected chi connectivity index (χ3v) is 4.80. The Morgan fingerprint density at radius 2 is 2.12 bits per heavy atom. The van der Waals surface area contributed by atoms with Crippen LogP contribution in [0.2, 0.25) is 0 Å². The van der Waals surface area contributed by atoms with Crippen molar-refractivity contribution in [1.29, 1.82) is 0 Å². The summed E-state index contributed by atoms with van der Waals surface area (Å²) >= 11 is 0. The number of nitrogens with zero attached hydrogens (tertiary/aromatic N) is 5. The van der Waals surface area contributed by atoms with E-state index in [1.165, 1.54) is 12.8 Å². The largest absolute Gasteiger partial charge is 0.406 e. The molecule has 1 fully saturated rings. The zero-order valence-corrected chi connectivity index (χ0v) is 15.1. The zero-order chi connectivity index (χ0) is 18.1. The average Bonchev–Trinajstić information content (AvgIpc) is 3.28. The minimum Gasteiger partial charge on any atom is -0.406 e. The predicted octanol–water partition coefficient (Wildman–Crippen LogP) is 3.62. The summed E-state index contributed by atoms with van der Waals surface area (Å²) in [5.41, 5.74) is 0.966. The van der Waals surface area contributed by atoms with Crippen LogP contribution in [0, 0.1) is 12.8 Å². The Balaban J connectivity index is 1.75. The van der Waals surface area contributed by atoms with Gasteiger partial charge in [-0.2, -0.15) is 4.98 Å². The molecule has 135 valence electrons. The second-order valence-corrected chi connectivity index (χ2v) is 6.86. The van der Waals surface area contributed by atoms with Crippen LogP contribution >= 0.6 is 0 Å². The van der Waals surface area contributed by atoms with Crippen molar-refractivity contribution in [3.05, 3.63) is 34.2 Å². The minimum absolute atomic E-state index is 0.223. The van der Waals surface area contributed by atoms with Crippen molar-refractivity contribution >= 4 is 17.3 Å². The van der Waals surface area contributed by atoms with Gasteiger partial charge in [0.25, 0.3) is 0 Å². The number of fused-ring (bicyclic) bond motifs is 1. The van der Waals surface area contributed by atoms with E-state index in [4.69, 9.17) is 9.73 Å². The van der Waals surface area contributed by atoms with E-state index in [2.05, 4.69) is 22.2 Å². The summed E-state index contributed by atoms with van der Waals surface area (Å²) in [6, 6.07) is 3.92. The van der Waals surface area contributed by atoms with Crippen LogP contribution in [0.25, 0.3) is 0 Å². The van der Waals surface area contributed by atoms with E-state index in [-0.39, 0.29) is 6.01 Å². The number of aliphatic imine (C=N–C) groups is 1. The van der Waals surface area contributed by atoms with E-state index in [1.807, 2.05) is 23.6 Å². The Hall–Kier alpha value is -2.70. The Kier molecular flexibility index (Phi) is 4.44. The first kappa shape index (κ1) is 16.8. The van der Waals surface area contributed by atoms with Crippen LogP contribution in [0.4, 0.5) is 11.5 Å². The molecule has 0 spiro atoms. The first-order valence-electron chi connectivity index (χ1n) is 9.21. The summed E-state index contributed by atoms with van der Waals surface area (Å²) in [7, 11) is 0. The van der Waals surface area contributed by atoms with Gasteiger partial charge in [-0.3, -0.25) is 9.36 Å². The first-order chi connectivity index (χ1) is 12.7. The smallest absolute Gasteiger partial charge is 0.308 e. The fraction of sp³-hybridized carbons (Fsp3) is 0.474. The topological polar surface area (TPSA) is 83.5 Å². The van der Waals surface area contributed by atoms with Gasteiger partial charge in [0.05, 0.1) is 0 Å². The Morgan fingerprint density at radius 3 is 2.85 bits per heavy atom. The Morgan fingerprint density at radius 1 is 1.31 bits per heavy atom. The van der Waals surface area contributed by atoms with Crippen LogP contribution in [0.3, 0.4) is 0 Å². The van der Waals surface area contributed by atoms with E-state index in [0.717, 1.165) is 30.7 Å². The summed E-state index contributed by atoms with van der Waals surface area (Å²) in [6.45, 7) is 4.67. The molecule has 0 aromatic carbocycles. The Bertz CT molecular complexity index is 913. The lowest BCUT2D eigenvalue weighted by Crippen LogP contribution is -2.21. The number of rotatable bonds is 5. The van der Waals surface area contributed by atoms with Gasteiger partial charge in [0.2, 0.25) is 5.88 Å². The van der Waals surface area contributed by atoms with Crippen LogP contribution in [0.1, 0.15) is 44.6 Å². The van der Waals surface area contributed by atoms with Gasteiger partial charge in [0, 0.05) is 24.7 Å². The van der Waals surface area contributed by atoms with Crippen molar-refractivity contribution in [2.75, 3.05) is 0 Å². The maximum absolute atomic E-state index is 12.5. The summed E-state index contributed by atoms with van der Waals surface area (Å²) in [4.78, 5) is 25.5. The van der Waals surface area contributed by atoms with Crippen molar-refractivity contribution in [3.8, 4) is 11.9 Å². The van der Waals surface area contributed by atoms with Gasteiger partial charge in [-0.25, -0.2) is 15.3 Å². The minimum atomic E-state index is -0.397. The number of hydrogen-bond donors (Lipinski definition) is 0. The lowest BCUT2D eigenvalue weighted by Gasteiger charge is -2.14. The van der Waals surface area contributed by atoms with Gasteiger partial charge in [-0.1, -0.05) is 19.8 Å². The van der Waals surface area contributed by atoms with Gasteiger partial charge < -0.3 is 4.74 Å². The number of aromatic nitrogens is 3. The first-order valence-corrected chi connectivity index (χ1v) is 9.21. The maximum atomic E-state index is 12.5. The maximum Gasteiger partial charge on any atom is 0.308 e. The van der Waals surface area contributed by atoms with E-state index < -0.39 is 5.56 Å². The Labute approximate surface area is 152 Å². The van der Waals surface area contributed by atoms with Crippen molar-refractivity contribution in [2.24, 2.45) is 10.9 Å². The van der Waals surface area contributed by atoms with Crippen LogP contribution in [0.15, 0.2) is 28.1 Å². The highest BCUT2D eigenvalue weighted by Crippen LogP contribution is 2.36. The number of aryl methyl sites for hydroxylation is 1. The quantitative estimate of drug-likeness (QED) is 0.823. The van der Waals surface area contributed by atoms with Gasteiger partial charge in [-0.15, -0.1) is 0 Å². The fourth-order valence-electron chi connectivity index (χ4n) is 3.50. The van der Waals surface area contributed by atoms with Crippen molar-refractivity contribution in [1.82, 2.24) is 19.9 Å². The molecule has 1 aliphatic carbocycles. The van der Waals surface area contributed by atoms with Gasteiger partial charge >= 0.3 is 11.6 Å². The molecule has 1 aliphatic heterocycles. The summed E-state index contributed by atoms with van der Waals surface area (Å²) < 4.78 is 7.68. The second kappa shape index (κ2) is 6.90. The molecule has 2 aromatic rings. The van der Waals surface area contributed by atoms with Crippen molar-refractivity contribution in [2.45, 2.75) is 52.5 Å². The number of amidine groups is 1. The van der Waals surface area contributed by atoms with Crippen molar-refractivity contribution < 1.29 is 4.74 Å². The highest BCUT2D eigenvalue weighted by atomic mass is 16.5. The molecule has 7 heteroatoms. The third kappa shape index (κ3) is 3.09. The second-order valence-electron chi connectivity index (χ2n) is 6.86. The lowest BCUT2D eigenvalue weighted by atomic mass is 10.1. The van der Waals surface area contributed by atoms with E-state index in [1.54, 1.807) is 6.20 Å². The lowest BCUT2D eigenvalue weighted by molar-refractivity contribution is 0.387. The molecule has 2 aliphatic rings. The molecule has 0 bridgehead atoms. The molecule has 0 saturated heterocycles. The number of hydrogen-bond acceptors (Lipinski definition) is 5.